The van der Waals surface area contributed by atoms with Crippen LogP contribution in [0.4, 0.5) is 0 Å². The molecule has 0 aliphatic heterocycles. The zero-order valence-corrected chi connectivity index (χ0v) is 54.9. The minimum Gasteiger partial charge on any atom is -0.462 e. The van der Waals surface area contributed by atoms with E-state index in [4.69, 9.17) is 14.2 Å². The van der Waals surface area contributed by atoms with Gasteiger partial charge in [-0.1, -0.05) is 400 Å². The SMILES string of the molecule is CCCCCCCCCCCCCCCCCCCCCCCCCCCCCCCC(=O)OCC(COC(=O)CCCCCCC)OC(=O)CCCCCCCCCCCCCCCCCCCCCCCCCCCCCC. The molecule has 1 atom stereocenters. The molecule has 0 rings (SSSR count). The molecule has 0 saturated carbocycles. The third-order valence-corrected chi connectivity index (χ3v) is 17.4. The predicted molar refractivity (Wildman–Crippen MR) is 349 cm³/mol. The number of carbonyl (C=O) groups is 3. The Balaban J connectivity index is 3.87. The molecule has 476 valence electrons. The van der Waals surface area contributed by atoms with Crippen molar-refractivity contribution in [3.63, 3.8) is 0 Å². The molecule has 0 aromatic carbocycles. The Morgan fingerprint density at radius 2 is 0.338 bits per heavy atom. The van der Waals surface area contributed by atoms with E-state index in [0.717, 1.165) is 64.2 Å². The molecule has 0 aliphatic carbocycles. The fourth-order valence-corrected chi connectivity index (χ4v) is 11.8. The van der Waals surface area contributed by atoms with Crippen molar-refractivity contribution in [1.29, 1.82) is 0 Å². The van der Waals surface area contributed by atoms with Crippen LogP contribution in [0.1, 0.15) is 438 Å². The van der Waals surface area contributed by atoms with Gasteiger partial charge in [0.05, 0.1) is 0 Å². The standard InChI is InChI=1S/C74H144O6/c1-4-7-10-13-15-17-19-21-23-25-27-29-31-33-35-37-39-40-42-44-46-48-50-52-54-56-58-61-64-67-73(76)79-70-71(69-78-72(75)66-63-60-12-9-6-3)80-74(77)68-65-62-59-57-55-53-51-49-47-45-43-41-38-36-34-32-30-28-26-24-22-20-18-16-14-11-8-5-2/h71H,4-70H2,1-3H3. The molecule has 0 N–H and O–H groups in total. The van der Waals surface area contributed by atoms with Gasteiger partial charge in [0.1, 0.15) is 13.2 Å². The summed E-state index contributed by atoms with van der Waals surface area (Å²) in [4.78, 5) is 38.0. The number of ether oxygens (including phenoxy) is 3. The maximum absolute atomic E-state index is 12.9. The number of hydrogen-bond acceptors (Lipinski definition) is 6. The first-order chi connectivity index (χ1) is 39.5. The quantitative estimate of drug-likeness (QED) is 0.0343. The van der Waals surface area contributed by atoms with Crippen molar-refractivity contribution in [2.75, 3.05) is 13.2 Å². The van der Waals surface area contributed by atoms with Gasteiger partial charge in [0.2, 0.25) is 0 Å². The molecule has 0 saturated heterocycles. The summed E-state index contributed by atoms with van der Waals surface area (Å²) in [6, 6.07) is 0. The van der Waals surface area contributed by atoms with Crippen LogP contribution < -0.4 is 0 Å². The summed E-state index contributed by atoms with van der Waals surface area (Å²) in [6.07, 6.45) is 83.6. The normalized spacial score (nSPS) is 11.9. The minimum absolute atomic E-state index is 0.0620. The first-order valence-electron chi connectivity index (χ1n) is 37.0. The van der Waals surface area contributed by atoms with Gasteiger partial charge in [0, 0.05) is 19.3 Å². The summed E-state index contributed by atoms with van der Waals surface area (Å²) in [7, 11) is 0. The van der Waals surface area contributed by atoms with Crippen LogP contribution in [0.3, 0.4) is 0 Å². The fourth-order valence-electron chi connectivity index (χ4n) is 11.8. The maximum atomic E-state index is 12.9. The van der Waals surface area contributed by atoms with Crippen molar-refractivity contribution < 1.29 is 28.6 Å². The van der Waals surface area contributed by atoms with Crippen molar-refractivity contribution in [2.45, 2.75) is 444 Å². The second-order valence-electron chi connectivity index (χ2n) is 25.6. The highest BCUT2D eigenvalue weighted by Crippen LogP contribution is 2.20. The molecule has 0 heterocycles. The number of hydrogen-bond donors (Lipinski definition) is 0. The van der Waals surface area contributed by atoms with Crippen LogP contribution in [0.25, 0.3) is 0 Å². The summed E-state index contributed by atoms with van der Waals surface area (Å²) < 4.78 is 16.8. The summed E-state index contributed by atoms with van der Waals surface area (Å²) in [5.74, 6) is -0.841. The van der Waals surface area contributed by atoms with E-state index >= 15 is 0 Å². The molecule has 0 aromatic heterocycles. The molecule has 1 unspecified atom stereocenters. The molecule has 0 aromatic rings. The average molecular weight is 1130 g/mol. The Hall–Kier alpha value is -1.59. The molecule has 0 bridgehead atoms. The first-order valence-corrected chi connectivity index (χ1v) is 37.0. The zero-order valence-electron chi connectivity index (χ0n) is 54.9. The van der Waals surface area contributed by atoms with E-state index in [1.165, 1.54) is 334 Å². The van der Waals surface area contributed by atoms with Crippen LogP contribution in [0.2, 0.25) is 0 Å². The number of esters is 3. The summed E-state index contributed by atoms with van der Waals surface area (Å²) in [6.45, 7) is 6.66. The topological polar surface area (TPSA) is 78.9 Å². The van der Waals surface area contributed by atoms with Crippen LogP contribution >= 0.6 is 0 Å². The molecular formula is C74H144O6. The predicted octanol–water partition coefficient (Wildman–Crippen LogP) is 25.4. The van der Waals surface area contributed by atoms with Crippen molar-refractivity contribution in [2.24, 2.45) is 0 Å². The van der Waals surface area contributed by atoms with Crippen LogP contribution in [0, 0.1) is 0 Å². The molecule has 0 spiro atoms. The Labute approximate surface area is 501 Å². The van der Waals surface area contributed by atoms with Crippen LogP contribution in [-0.4, -0.2) is 37.2 Å². The number of rotatable bonds is 70. The maximum Gasteiger partial charge on any atom is 0.306 e. The van der Waals surface area contributed by atoms with E-state index in [0.29, 0.717) is 19.3 Å². The third-order valence-electron chi connectivity index (χ3n) is 17.4. The molecule has 0 fully saturated rings. The Bertz CT molecular complexity index is 1200. The van der Waals surface area contributed by atoms with Gasteiger partial charge >= 0.3 is 17.9 Å². The Kier molecular flexibility index (Phi) is 68.5. The summed E-state index contributed by atoms with van der Waals surface area (Å²) in [5.41, 5.74) is 0. The Morgan fingerprint density at radius 1 is 0.200 bits per heavy atom. The summed E-state index contributed by atoms with van der Waals surface area (Å²) in [5, 5.41) is 0. The lowest BCUT2D eigenvalue weighted by atomic mass is 10.0. The smallest absolute Gasteiger partial charge is 0.306 e. The minimum atomic E-state index is -0.761. The molecule has 0 radical (unpaired) electrons. The van der Waals surface area contributed by atoms with E-state index in [-0.39, 0.29) is 31.1 Å². The number of unbranched alkanes of at least 4 members (excludes halogenated alkanes) is 59. The van der Waals surface area contributed by atoms with Gasteiger partial charge in [0.15, 0.2) is 6.10 Å². The van der Waals surface area contributed by atoms with Crippen LogP contribution in [-0.2, 0) is 28.6 Å². The average Bonchev–Trinajstić information content (AvgIpc) is 3.46. The summed E-state index contributed by atoms with van der Waals surface area (Å²) >= 11 is 0. The molecule has 6 heteroatoms. The van der Waals surface area contributed by atoms with Crippen molar-refractivity contribution >= 4 is 17.9 Å². The molecule has 0 aliphatic rings. The second-order valence-corrected chi connectivity index (χ2v) is 25.6. The lowest BCUT2D eigenvalue weighted by Crippen LogP contribution is -2.30. The van der Waals surface area contributed by atoms with Crippen LogP contribution in [0.5, 0.6) is 0 Å². The van der Waals surface area contributed by atoms with E-state index in [1.54, 1.807) is 0 Å². The van der Waals surface area contributed by atoms with Crippen molar-refractivity contribution in [3.05, 3.63) is 0 Å². The zero-order chi connectivity index (χ0) is 57.8. The van der Waals surface area contributed by atoms with Gasteiger partial charge in [-0.3, -0.25) is 14.4 Å². The molecule has 6 nitrogen and oxygen atoms in total. The molecule has 0 amide bonds. The monoisotopic (exact) mass is 1130 g/mol. The van der Waals surface area contributed by atoms with E-state index in [2.05, 4.69) is 20.8 Å². The van der Waals surface area contributed by atoms with Crippen molar-refractivity contribution in [3.8, 4) is 0 Å². The van der Waals surface area contributed by atoms with Gasteiger partial charge in [-0.15, -0.1) is 0 Å². The second kappa shape index (κ2) is 69.9. The first kappa shape index (κ1) is 78.4. The highest BCUT2D eigenvalue weighted by molar-refractivity contribution is 5.71. The van der Waals surface area contributed by atoms with Crippen LogP contribution in [0.15, 0.2) is 0 Å². The number of carbonyl (C=O) groups excluding carboxylic acids is 3. The van der Waals surface area contributed by atoms with E-state index < -0.39 is 6.10 Å². The lowest BCUT2D eigenvalue weighted by molar-refractivity contribution is -0.167. The van der Waals surface area contributed by atoms with E-state index in [1.807, 2.05) is 0 Å². The van der Waals surface area contributed by atoms with Gasteiger partial charge in [-0.2, -0.15) is 0 Å². The highest BCUT2D eigenvalue weighted by atomic mass is 16.6. The van der Waals surface area contributed by atoms with Gasteiger partial charge < -0.3 is 14.2 Å². The van der Waals surface area contributed by atoms with Gasteiger partial charge in [-0.25, -0.2) is 0 Å². The third kappa shape index (κ3) is 67.2. The van der Waals surface area contributed by atoms with Crippen molar-refractivity contribution in [1.82, 2.24) is 0 Å². The molecule has 80 heavy (non-hydrogen) atoms. The molecular weight excluding hydrogens is 985 g/mol. The van der Waals surface area contributed by atoms with Gasteiger partial charge in [-0.05, 0) is 19.3 Å². The lowest BCUT2D eigenvalue weighted by Gasteiger charge is -2.18. The van der Waals surface area contributed by atoms with E-state index in [9.17, 15) is 14.4 Å². The Morgan fingerprint density at radius 3 is 0.500 bits per heavy atom. The highest BCUT2D eigenvalue weighted by Gasteiger charge is 2.20. The largest absolute Gasteiger partial charge is 0.462 e. The fraction of sp³-hybridized carbons (Fsp3) is 0.959. The van der Waals surface area contributed by atoms with Gasteiger partial charge in [0.25, 0.3) is 0 Å².